The van der Waals surface area contributed by atoms with Crippen LogP contribution in [0.2, 0.25) is 0 Å². The first-order valence-corrected chi connectivity index (χ1v) is 15.5. The summed E-state index contributed by atoms with van der Waals surface area (Å²) in [7, 11) is -2.50. The van der Waals surface area contributed by atoms with Crippen LogP contribution in [-0.4, -0.2) is 57.1 Å². The second kappa shape index (κ2) is 10.6. The summed E-state index contributed by atoms with van der Waals surface area (Å²) in [6.45, 7) is 8.66. The molecule has 1 unspecified atom stereocenters. The zero-order valence-corrected chi connectivity index (χ0v) is 26.0. The van der Waals surface area contributed by atoms with Crippen molar-refractivity contribution in [2.45, 2.75) is 76.3 Å². The maximum Gasteiger partial charge on any atom is 0.268 e. The number of fused-ring (bicyclic) bond motifs is 2. The van der Waals surface area contributed by atoms with E-state index in [2.05, 4.69) is 40.6 Å². The highest BCUT2D eigenvalue weighted by atomic mass is 32.2. The third kappa shape index (κ3) is 5.57. The Morgan fingerprint density at radius 1 is 1.15 bits per heavy atom. The molecule has 3 fully saturated rings. The summed E-state index contributed by atoms with van der Waals surface area (Å²) in [6, 6.07) is 5.15. The van der Waals surface area contributed by atoms with E-state index < -0.39 is 15.9 Å². The van der Waals surface area contributed by atoms with E-state index in [0.717, 1.165) is 18.8 Å². The van der Waals surface area contributed by atoms with Gasteiger partial charge in [-0.15, -0.1) is 5.10 Å². The lowest BCUT2D eigenvalue weighted by molar-refractivity contribution is 0.0981. The molecule has 2 saturated carbocycles. The van der Waals surface area contributed by atoms with Crippen molar-refractivity contribution in [2.75, 3.05) is 11.4 Å². The number of carbonyl (C=O) groups is 1. The first-order chi connectivity index (χ1) is 18.9. The monoisotopic (exact) mass is 601 g/mol. The van der Waals surface area contributed by atoms with Gasteiger partial charge < -0.3 is 9.64 Å². The Bertz CT molecular complexity index is 1560. The highest BCUT2D eigenvalue weighted by Gasteiger charge is 2.42. The topological polar surface area (TPSA) is 124 Å². The van der Waals surface area contributed by atoms with E-state index in [4.69, 9.17) is 9.72 Å². The number of nitrogens with zero attached hydrogens (tertiary/aromatic N) is 6. The normalized spacial score (nSPS) is 24.9. The number of nitrogens with one attached hydrogen (secondary N) is 1. The van der Waals surface area contributed by atoms with Gasteiger partial charge in [0.15, 0.2) is 5.82 Å². The molecule has 3 aliphatic rings. The van der Waals surface area contributed by atoms with Gasteiger partial charge in [-0.3, -0.25) is 9.48 Å². The van der Waals surface area contributed by atoms with Crippen molar-refractivity contribution in [3.63, 3.8) is 0 Å². The molecule has 3 aromatic heterocycles. The Kier molecular flexibility index (Phi) is 7.64. The fourth-order valence-electron chi connectivity index (χ4n) is 6.97. The van der Waals surface area contributed by atoms with Gasteiger partial charge in [-0.25, -0.2) is 22.8 Å². The summed E-state index contributed by atoms with van der Waals surface area (Å²) in [5.74, 6) is 2.54. The summed E-state index contributed by atoms with van der Waals surface area (Å²) in [6.07, 6.45) is 9.19. The highest BCUT2D eigenvalue weighted by molar-refractivity contribution is 7.90. The molecule has 0 spiro atoms. The van der Waals surface area contributed by atoms with Crippen LogP contribution in [0.5, 0.6) is 5.88 Å². The first-order valence-electron chi connectivity index (χ1n) is 14.0. The molecule has 1 saturated heterocycles. The Morgan fingerprint density at radius 3 is 2.54 bits per heavy atom. The Morgan fingerprint density at radius 2 is 1.93 bits per heavy atom. The van der Waals surface area contributed by atoms with Crippen molar-refractivity contribution in [1.82, 2.24) is 29.3 Å². The van der Waals surface area contributed by atoms with Crippen molar-refractivity contribution in [2.24, 2.45) is 24.8 Å². The molecular formula is C28H39N7O4S2. The second-order valence-electron chi connectivity index (χ2n) is 12.4. The fraction of sp³-hybridized carbons (Fsp3) is 0.571. The minimum Gasteiger partial charge on any atom is -0.473 e. The van der Waals surface area contributed by atoms with Gasteiger partial charge in [-0.1, -0.05) is 6.92 Å². The number of aromatic nitrogens is 5. The van der Waals surface area contributed by atoms with Gasteiger partial charge in [0.05, 0.1) is 11.3 Å². The van der Waals surface area contributed by atoms with E-state index in [-0.39, 0.29) is 35.6 Å². The molecule has 0 radical (unpaired) electrons. The Labute approximate surface area is 248 Å². The molecule has 222 valence electrons. The number of aryl methyl sites for hydroxylation is 2. The molecule has 41 heavy (non-hydrogen) atoms. The van der Waals surface area contributed by atoms with E-state index in [1.54, 1.807) is 30.8 Å². The van der Waals surface area contributed by atoms with E-state index >= 15 is 0 Å². The number of hydrogen-bond donors (Lipinski definition) is 1. The predicted octanol–water partition coefficient (Wildman–Crippen LogP) is 3.73. The number of ether oxygens (including phenoxy) is 1. The van der Waals surface area contributed by atoms with Crippen molar-refractivity contribution in [3.8, 4) is 11.7 Å². The Balaban J connectivity index is 0.00000337. The standard InChI is InChI=1S/C28H37N7O4S.H2S/c1-17-14-28(3,4)34(15-17)26-21(27(36)32-40(37,38)23-16-33(5)30-18(23)2)8-9-24(29-26)35-11-10-25(31-35)39-22-13-19-6-7-20(22)12-19;/h8-11,16-17,19-20,22H,6-7,12-15H2,1-5H3,(H,32,36);1H2/t17-,19-,20-,22?;/m0./s1. The van der Waals surface area contributed by atoms with Gasteiger partial charge in [0, 0.05) is 37.6 Å². The molecule has 11 nitrogen and oxygen atoms in total. The largest absolute Gasteiger partial charge is 0.473 e. The molecule has 3 aromatic rings. The minimum atomic E-state index is -4.13. The molecule has 1 amide bonds. The number of amides is 1. The molecule has 0 aromatic carbocycles. The van der Waals surface area contributed by atoms with Crippen LogP contribution >= 0.6 is 13.5 Å². The maximum atomic E-state index is 13.5. The molecular weight excluding hydrogens is 562 g/mol. The van der Waals surface area contributed by atoms with E-state index in [1.165, 1.54) is 30.1 Å². The Hall–Kier alpha value is -3.06. The van der Waals surface area contributed by atoms with Crippen LogP contribution in [0.4, 0.5) is 5.82 Å². The average Bonchev–Trinajstić information content (AvgIpc) is 3.69. The zero-order valence-electron chi connectivity index (χ0n) is 24.2. The second-order valence-corrected chi connectivity index (χ2v) is 14.0. The lowest BCUT2D eigenvalue weighted by atomic mass is 9.97. The summed E-state index contributed by atoms with van der Waals surface area (Å²) in [5.41, 5.74) is 0.216. The number of carbonyl (C=O) groups excluding carboxylic acids is 1. The number of anilines is 1. The lowest BCUT2D eigenvalue weighted by Gasteiger charge is -2.34. The van der Waals surface area contributed by atoms with Gasteiger partial charge in [0.25, 0.3) is 15.9 Å². The quantitative estimate of drug-likeness (QED) is 0.435. The van der Waals surface area contributed by atoms with Crippen molar-refractivity contribution in [3.05, 3.63) is 41.9 Å². The molecule has 1 aliphatic heterocycles. The molecule has 4 atom stereocenters. The smallest absolute Gasteiger partial charge is 0.268 e. The van der Waals surface area contributed by atoms with E-state index in [0.29, 0.717) is 41.6 Å². The van der Waals surface area contributed by atoms with Crippen molar-refractivity contribution >= 4 is 35.2 Å². The number of pyridine rings is 1. The third-order valence-electron chi connectivity index (χ3n) is 8.66. The lowest BCUT2D eigenvalue weighted by Crippen LogP contribution is -2.41. The van der Waals surface area contributed by atoms with Gasteiger partial charge in [-0.2, -0.15) is 18.6 Å². The van der Waals surface area contributed by atoms with E-state index in [1.807, 2.05) is 12.3 Å². The molecule has 2 aliphatic carbocycles. The minimum absolute atomic E-state index is 0. The summed E-state index contributed by atoms with van der Waals surface area (Å²) >= 11 is 0. The highest BCUT2D eigenvalue weighted by Crippen LogP contribution is 2.46. The molecule has 1 N–H and O–H groups in total. The predicted molar refractivity (Wildman–Crippen MR) is 159 cm³/mol. The molecule has 6 rings (SSSR count). The van der Waals surface area contributed by atoms with Gasteiger partial charge >= 0.3 is 0 Å². The van der Waals surface area contributed by atoms with Crippen molar-refractivity contribution < 1.29 is 17.9 Å². The van der Waals surface area contributed by atoms with E-state index in [9.17, 15) is 13.2 Å². The van der Waals surface area contributed by atoms with Crippen LogP contribution in [-0.2, 0) is 17.1 Å². The summed E-state index contributed by atoms with van der Waals surface area (Å²) in [4.78, 5) is 20.4. The average molecular weight is 602 g/mol. The molecule has 4 heterocycles. The van der Waals surface area contributed by atoms with Gasteiger partial charge in [0.2, 0.25) is 5.88 Å². The van der Waals surface area contributed by atoms with Crippen LogP contribution in [0.25, 0.3) is 5.82 Å². The van der Waals surface area contributed by atoms with Crippen LogP contribution in [0, 0.1) is 24.7 Å². The number of hydrogen-bond acceptors (Lipinski definition) is 8. The fourth-order valence-corrected chi connectivity index (χ4v) is 8.15. The van der Waals surface area contributed by atoms with Crippen LogP contribution in [0.3, 0.4) is 0 Å². The molecule has 13 heteroatoms. The van der Waals surface area contributed by atoms with Crippen LogP contribution < -0.4 is 14.4 Å². The molecule has 2 bridgehead atoms. The third-order valence-corrected chi connectivity index (χ3v) is 10.1. The summed E-state index contributed by atoms with van der Waals surface area (Å²) < 4.78 is 37.7. The SMILES string of the molecule is Cc1nn(C)cc1S(=O)(=O)NC(=O)c1ccc(-n2ccc(OC3C[C@H]4CC[C@H]3C4)n2)nc1N1C[C@@H](C)CC1(C)C.S. The first kappa shape index (κ1) is 29.4. The zero-order chi connectivity index (χ0) is 28.4. The summed E-state index contributed by atoms with van der Waals surface area (Å²) in [5, 5.41) is 8.74. The maximum absolute atomic E-state index is 13.5. The van der Waals surface area contributed by atoms with Gasteiger partial charge in [-0.05, 0) is 82.8 Å². The van der Waals surface area contributed by atoms with Crippen LogP contribution in [0.15, 0.2) is 35.5 Å². The number of rotatable bonds is 7. The number of sulfonamides is 1. The van der Waals surface area contributed by atoms with Gasteiger partial charge in [0.1, 0.15) is 16.8 Å². The van der Waals surface area contributed by atoms with Crippen molar-refractivity contribution in [1.29, 1.82) is 0 Å². The van der Waals surface area contributed by atoms with Crippen LogP contribution in [0.1, 0.15) is 68.9 Å².